The van der Waals surface area contributed by atoms with Crippen molar-refractivity contribution in [2.45, 2.75) is 64.5 Å². The van der Waals surface area contributed by atoms with Gasteiger partial charge in [-0.2, -0.15) is 0 Å². The highest BCUT2D eigenvalue weighted by atomic mass is 16.4. The zero-order valence-corrected chi connectivity index (χ0v) is 11.3. The van der Waals surface area contributed by atoms with Crippen LogP contribution in [-0.2, 0) is 4.79 Å². The molecule has 0 bridgehead atoms. The van der Waals surface area contributed by atoms with Crippen molar-refractivity contribution in [1.29, 1.82) is 0 Å². The van der Waals surface area contributed by atoms with Crippen LogP contribution in [0.5, 0.6) is 0 Å². The van der Waals surface area contributed by atoms with Crippen molar-refractivity contribution >= 4 is 12.0 Å². The highest BCUT2D eigenvalue weighted by molar-refractivity contribution is 5.75. The molecular formula is C13H24N2O3. The first-order chi connectivity index (χ1) is 8.50. The first-order valence-corrected chi connectivity index (χ1v) is 6.79. The van der Waals surface area contributed by atoms with Crippen LogP contribution < -0.4 is 5.32 Å². The molecule has 0 spiro atoms. The Morgan fingerprint density at radius 2 is 1.94 bits per heavy atom. The predicted molar refractivity (Wildman–Crippen MR) is 69.5 cm³/mol. The SMILES string of the molecule is CC(C)N(CCCC(=O)O)C(=O)NC1CCCC1. The lowest BCUT2D eigenvalue weighted by atomic mass is 10.2. The molecule has 0 aromatic heterocycles. The van der Waals surface area contributed by atoms with Crippen LogP contribution in [0.15, 0.2) is 0 Å². The Kier molecular flexibility index (Phi) is 5.95. The Balaban J connectivity index is 2.39. The minimum absolute atomic E-state index is 0.0534. The van der Waals surface area contributed by atoms with Gasteiger partial charge in [0.2, 0.25) is 0 Å². The molecule has 0 atom stereocenters. The highest BCUT2D eigenvalue weighted by Gasteiger charge is 2.22. The molecule has 0 radical (unpaired) electrons. The number of carboxylic acids is 1. The van der Waals surface area contributed by atoms with E-state index < -0.39 is 5.97 Å². The molecule has 1 saturated carbocycles. The van der Waals surface area contributed by atoms with Gasteiger partial charge in [-0.3, -0.25) is 4.79 Å². The van der Waals surface area contributed by atoms with Crippen molar-refractivity contribution in [3.63, 3.8) is 0 Å². The second kappa shape index (κ2) is 7.24. The van der Waals surface area contributed by atoms with E-state index in [4.69, 9.17) is 5.11 Å². The normalized spacial score (nSPS) is 15.9. The van der Waals surface area contributed by atoms with Gasteiger partial charge in [0.15, 0.2) is 0 Å². The van der Waals surface area contributed by atoms with Gasteiger partial charge in [-0.15, -0.1) is 0 Å². The number of amides is 2. The fraction of sp³-hybridized carbons (Fsp3) is 0.846. The lowest BCUT2D eigenvalue weighted by Gasteiger charge is -2.28. The lowest BCUT2D eigenvalue weighted by molar-refractivity contribution is -0.137. The monoisotopic (exact) mass is 256 g/mol. The molecule has 104 valence electrons. The topological polar surface area (TPSA) is 69.6 Å². The Bertz CT molecular complexity index is 286. The van der Waals surface area contributed by atoms with Crippen LogP contribution in [0, 0.1) is 0 Å². The van der Waals surface area contributed by atoms with E-state index in [1.54, 1.807) is 4.90 Å². The number of hydrogen-bond acceptors (Lipinski definition) is 2. The van der Waals surface area contributed by atoms with Crippen LogP contribution in [0.2, 0.25) is 0 Å². The average Bonchev–Trinajstić information content (AvgIpc) is 2.75. The second-order valence-corrected chi connectivity index (χ2v) is 5.22. The number of nitrogens with one attached hydrogen (secondary N) is 1. The molecule has 1 rings (SSSR count). The fourth-order valence-corrected chi connectivity index (χ4v) is 2.32. The van der Waals surface area contributed by atoms with Gasteiger partial charge in [0.1, 0.15) is 0 Å². The maximum absolute atomic E-state index is 12.1. The van der Waals surface area contributed by atoms with Gasteiger partial charge in [-0.1, -0.05) is 12.8 Å². The van der Waals surface area contributed by atoms with E-state index in [1.165, 1.54) is 12.8 Å². The van der Waals surface area contributed by atoms with Gasteiger partial charge in [0.05, 0.1) is 0 Å². The molecule has 0 aromatic carbocycles. The Morgan fingerprint density at radius 3 is 2.44 bits per heavy atom. The summed E-state index contributed by atoms with van der Waals surface area (Å²) in [5, 5.41) is 11.7. The van der Waals surface area contributed by atoms with Gasteiger partial charge < -0.3 is 15.3 Å². The fourth-order valence-electron chi connectivity index (χ4n) is 2.32. The summed E-state index contributed by atoms with van der Waals surface area (Å²) in [6.07, 6.45) is 5.11. The molecule has 0 aliphatic heterocycles. The molecule has 2 N–H and O–H groups in total. The summed E-state index contributed by atoms with van der Waals surface area (Å²) in [5.41, 5.74) is 0. The summed E-state index contributed by atoms with van der Waals surface area (Å²) < 4.78 is 0. The summed E-state index contributed by atoms with van der Waals surface area (Å²) in [6, 6.07) is 0.348. The molecule has 0 aromatic rings. The minimum Gasteiger partial charge on any atom is -0.481 e. The van der Waals surface area contributed by atoms with E-state index in [1.807, 2.05) is 13.8 Å². The number of carbonyl (C=O) groups excluding carboxylic acids is 1. The molecule has 0 unspecified atom stereocenters. The Hall–Kier alpha value is -1.26. The standard InChI is InChI=1S/C13H24N2O3/c1-10(2)15(9-5-8-12(16)17)13(18)14-11-6-3-4-7-11/h10-11H,3-9H2,1-2H3,(H,14,18)(H,16,17). The Labute approximate surface area is 109 Å². The van der Waals surface area contributed by atoms with Crippen molar-refractivity contribution < 1.29 is 14.7 Å². The molecule has 2 amide bonds. The molecule has 0 heterocycles. The molecule has 0 saturated heterocycles. The number of carbonyl (C=O) groups is 2. The highest BCUT2D eigenvalue weighted by Crippen LogP contribution is 2.18. The zero-order valence-electron chi connectivity index (χ0n) is 11.3. The summed E-state index contributed by atoms with van der Waals surface area (Å²) in [5.74, 6) is -0.810. The van der Waals surface area contributed by atoms with Crippen LogP contribution in [0.4, 0.5) is 4.79 Å². The third-order valence-corrected chi connectivity index (χ3v) is 3.36. The first-order valence-electron chi connectivity index (χ1n) is 6.79. The van der Waals surface area contributed by atoms with Gasteiger partial charge in [-0.05, 0) is 33.1 Å². The van der Waals surface area contributed by atoms with Gasteiger partial charge in [0.25, 0.3) is 0 Å². The number of aliphatic carboxylic acids is 1. The van der Waals surface area contributed by atoms with E-state index in [2.05, 4.69) is 5.32 Å². The third-order valence-electron chi connectivity index (χ3n) is 3.36. The van der Waals surface area contributed by atoms with Gasteiger partial charge in [0, 0.05) is 25.0 Å². The largest absolute Gasteiger partial charge is 0.481 e. The smallest absolute Gasteiger partial charge is 0.317 e. The number of carboxylic acid groups (broad SMARTS) is 1. The van der Waals surface area contributed by atoms with Crippen molar-refractivity contribution in [3.05, 3.63) is 0 Å². The summed E-state index contributed by atoms with van der Waals surface area (Å²) in [4.78, 5) is 24.3. The van der Waals surface area contributed by atoms with Crippen molar-refractivity contribution in [1.82, 2.24) is 10.2 Å². The molecule has 5 nitrogen and oxygen atoms in total. The minimum atomic E-state index is -0.810. The zero-order chi connectivity index (χ0) is 13.5. The summed E-state index contributed by atoms with van der Waals surface area (Å²) >= 11 is 0. The maximum atomic E-state index is 12.1. The molecule has 18 heavy (non-hydrogen) atoms. The molecular weight excluding hydrogens is 232 g/mol. The van der Waals surface area contributed by atoms with E-state index in [0.29, 0.717) is 19.0 Å². The quantitative estimate of drug-likeness (QED) is 0.765. The van der Waals surface area contributed by atoms with Crippen LogP contribution in [-0.4, -0.2) is 40.6 Å². The average molecular weight is 256 g/mol. The van der Waals surface area contributed by atoms with Gasteiger partial charge >= 0.3 is 12.0 Å². The number of rotatable bonds is 6. The predicted octanol–water partition coefficient (Wildman–Crippen LogP) is 2.21. The van der Waals surface area contributed by atoms with E-state index in [0.717, 1.165) is 12.8 Å². The maximum Gasteiger partial charge on any atom is 0.317 e. The molecule has 1 aliphatic rings. The van der Waals surface area contributed by atoms with E-state index in [-0.39, 0.29) is 18.5 Å². The lowest BCUT2D eigenvalue weighted by Crippen LogP contribution is -2.47. The molecule has 1 fully saturated rings. The van der Waals surface area contributed by atoms with Crippen LogP contribution in [0.25, 0.3) is 0 Å². The first kappa shape index (κ1) is 14.8. The van der Waals surface area contributed by atoms with Crippen molar-refractivity contribution in [2.24, 2.45) is 0 Å². The molecule has 5 heteroatoms. The number of hydrogen-bond donors (Lipinski definition) is 2. The van der Waals surface area contributed by atoms with Crippen LogP contribution >= 0.6 is 0 Å². The summed E-state index contributed by atoms with van der Waals surface area (Å²) in [6.45, 7) is 4.41. The number of urea groups is 1. The number of nitrogens with zero attached hydrogens (tertiary/aromatic N) is 1. The van der Waals surface area contributed by atoms with E-state index in [9.17, 15) is 9.59 Å². The third kappa shape index (κ3) is 4.94. The second-order valence-electron chi connectivity index (χ2n) is 5.22. The van der Waals surface area contributed by atoms with Crippen molar-refractivity contribution in [3.8, 4) is 0 Å². The van der Waals surface area contributed by atoms with Crippen LogP contribution in [0.3, 0.4) is 0 Å². The van der Waals surface area contributed by atoms with Gasteiger partial charge in [-0.25, -0.2) is 4.79 Å². The molecule has 1 aliphatic carbocycles. The van der Waals surface area contributed by atoms with Crippen LogP contribution in [0.1, 0.15) is 52.4 Å². The van der Waals surface area contributed by atoms with Crippen molar-refractivity contribution in [2.75, 3.05) is 6.54 Å². The summed E-state index contributed by atoms with van der Waals surface area (Å²) in [7, 11) is 0. The van der Waals surface area contributed by atoms with E-state index >= 15 is 0 Å². The Morgan fingerprint density at radius 1 is 1.33 bits per heavy atom.